The number of ether oxygens (including phenoxy) is 4. The van der Waals surface area contributed by atoms with Crippen molar-refractivity contribution in [3.8, 4) is 28.7 Å². The standard InChI is InChI=1S/C27H28N2O6/c1-4-34-19-8-7-9-20(17-19)35-22-11-6-5-10-21(22)29(26(31)27(14-15-27)25(28)30)18-12-13-23(32-2)24(16-18)33-3/h5-13,16-17H,4,14-15H2,1-3H3,(H2,28,30). The minimum absolute atomic E-state index is 0.393. The predicted octanol–water partition coefficient (Wildman–Crippen LogP) is 4.83. The van der Waals surface area contributed by atoms with Gasteiger partial charge in [0.15, 0.2) is 17.2 Å². The summed E-state index contributed by atoms with van der Waals surface area (Å²) < 4.78 is 22.6. The van der Waals surface area contributed by atoms with E-state index < -0.39 is 17.2 Å². The van der Waals surface area contributed by atoms with Crippen LogP contribution in [0.15, 0.2) is 66.7 Å². The maximum Gasteiger partial charge on any atom is 0.247 e. The number of rotatable bonds is 10. The van der Waals surface area contributed by atoms with Crippen LogP contribution in [0.3, 0.4) is 0 Å². The lowest BCUT2D eigenvalue weighted by atomic mass is 10.0. The Morgan fingerprint density at radius 2 is 1.60 bits per heavy atom. The van der Waals surface area contributed by atoms with Crippen molar-refractivity contribution >= 4 is 23.2 Å². The van der Waals surface area contributed by atoms with Crippen LogP contribution in [-0.2, 0) is 9.59 Å². The second kappa shape index (κ2) is 9.97. The van der Waals surface area contributed by atoms with Crippen LogP contribution in [0.5, 0.6) is 28.7 Å². The van der Waals surface area contributed by atoms with Crippen molar-refractivity contribution in [2.75, 3.05) is 25.7 Å². The van der Waals surface area contributed by atoms with Gasteiger partial charge < -0.3 is 24.7 Å². The minimum atomic E-state index is -1.25. The summed E-state index contributed by atoms with van der Waals surface area (Å²) in [6.07, 6.45) is 0.786. The summed E-state index contributed by atoms with van der Waals surface area (Å²) in [5.41, 5.74) is 5.35. The Labute approximate surface area is 204 Å². The Morgan fingerprint density at radius 1 is 0.886 bits per heavy atom. The van der Waals surface area contributed by atoms with E-state index in [0.29, 0.717) is 59.6 Å². The third-order valence-electron chi connectivity index (χ3n) is 5.91. The van der Waals surface area contributed by atoms with Gasteiger partial charge in [-0.1, -0.05) is 18.2 Å². The number of para-hydroxylation sites is 2. The summed E-state index contributed by atoms with van der Waals surface area (Å²) in [5, 5.41) is 0. The van der Waals surface area contributed by atoms with Crippen LogP contribution in [0, 0.1) is 5.41 Å². The van der Waals surface area contributed by atoms with Gasteiger partial charge in [0.05, 0.1) is 32.2 Å². The molecule has 182 valence electrons. The summed E-state index contributed by atoms with van der Waals surface area (Å²) in [5.74, 6) is 1.52. The zero-order valence-electron chi connectivity index (χ0n) is 19.9. The van der Waals surface area contributed by atoms with E-state index in [9.17, 15) is 9.59 Å². The van der Waals surface area contributed by atoms with E-state index in [2.05, 4.69) is 0 Å². The van der Waals surface area contributed by atoms with Crippen LogP contribution in [0.1, 0.15) is 19.8 Å². The van der Waals surface area contributed by atoms with Gasteiger partial charge in [-0.25, -0.2) is 0 Å². The number of anilines is 2. The number of primary amides is 1. The lowest BCUT2D eigenvalue weighted by Crippen LogP contribution is -2.41. The van der Waals surface area contributed by atoms with Gasteiger partial charge in [-0.15, -0.1) is 0 Å². The van der Waals surface area contributed by atoms with Gasteiger partial charge in [-0.05, 0) is 56.2 Å². The number of nitrogens with zero attached hydrogens (tertiary/aromatic N) is 1. The lowest BCUT2D eigenvalue weighted by Gasteiger charge is -2.28. The molecule has 8 heteroatoms. The maximum atomic E-state index is 13.8. The number of hydrogen-bond donors (Lipinski definition) is 1. The molecule has 0 unspecified atom stereocenters. The second-order valence-corrected chi connectivity index (χ2v) is 8.10. The molecule has 35 heavy (non-hydrogen) atoms. The van der Waals surface area contributed by atoms with Gasteiger partial charge in [-0.3, -0.25) is 14.5 Å². The largest absolute Gasteiger partial charge is 0.494 e. The van der Waals surface area contributed by atoms with Crippen LogP contribution in [0.4, 0.5) is 11.4 Å². The second-order valence-electron chi connectivity index (χ2n) is 8.10. The average Bonchev–Trinajstić information content (AvgIpc) is 3.68. The highest BCUT2D eigenvalue weighted by atomic mass is 16.5. The molecule has 0 heterocycles. The molecule has 0 aromatic heterocycles. The quantitative estimate of drug-likeness (QED) is 0.421. The van der Waals surface area contributed by atoms with Crippen molar-refractivity contribution in [3.05, 3.63) is 66.7 Å². The summed E-state index contributed by atoms with van der Waals surface area (Å²) in [6.45, 7) is 2.43. The smallest absolute Gasteiger partial charge is 0.247 e. The molecular weight excluding hydrogens is 448 g/mol. The van der Waals surface area contributed by atoms with Crippen molar-refractivity contribution < 1.29 is 28.5 Å². The zero-order chi connectivity index (χ0) is 25.0. The highest BCUT2D eigenvalue weighted by Gasteiger charge is 2.57. The first-order valence-electron chi connectivity index (χ1n) is 11.3. The fourth-order valence-corrected chi connectivity index (χ4v) is 3.88. The van der Waals surface area contributed by atoms with Crippen molar-refractivity contribution in [2.24, 2.45) is 11.1 Å². The molecule has 0 spiro atoms. The SMILES string of the molecule is CCOc1cccc(Oc2ccccc2N(C(=O)C2(C(N)=O)CC2)c2ccc(OC)c(OC)c2)c1. The summed E-state index contributed by atoms with van der Waals surface area (Å²) in [6, 6.07) is 19.5. The predicted molar refractivity (Wildman–Crippen MR) is 132 cm³/mol. The van der Waals surface area contributed by atoms with E-state index in [-0.39, 0.29) is 0 Å². The first-order valence-corrected chi connectivity index (χ1v) is 11.3. The van der Waals surface area contributed by atoms with Crippen LogP contribution < -0.4 is 29.6 Å². The monoisotopic (exact) mass is 476 g/mol. The molecule has 1 aliphatic carbocycles. The normalized spacial score (nSPS) is 13.5. The Morgan fingerprint density at radius 3 is 2.26 bits per heavy atom. The molecular formula is C27H28N2O6. The molecule has 0 saturated heterocycles. The molecule has 8 nitrogen and oxygen atoms in total. The van der Waals surface area contributed by atoms with Crippen LogP contribution in [0.2, 0.25) is 0 Å². The summed E-state index contributed by atoms with van der Waals surface area (Å²) in [4.78, 5) is 27.6. The molecule has 2 amide bonds. The van der Waals surface area contributed by atoms with Crippen molar-refractivity contribution in [1.82, 2.24) is 0 Å². The number of methoxy groups -OCH3 is 2. The Balaban J connectivity index is 1.81. The summed E-state index contributed by atoms with van der Waals surface area (Å²) in [7, 11) is 3.05. The molecule has 0 aliphatic heterocycles. The van der Waals surface area contributed by atoms with Gasteiger partial charge in [0, 0.05) is 12.1 Å². The molecule has 1 aliphatic rings. The topological polar surface area (TPSA) is 100 Å². The van der Waals surface area contributed by atoms with E-state index >= 15 is 0 Å². The fourth-order valence-electron chi connectivity index (χ4n) is 3.88. The average molecular weight is 477 g/mol. The van der Waals surface area contributed by atoms with E-state index in [1.54, 1.807) is 48.5 Å². The van der Waals surface area contributed by atoms with Gasteiger partial charge in [-0.2, -0.15) is 0 Å². The molecule has 0 radical (unpaired) electrons. The molecule has 0 atom stereocenters. The molecule has 2 N–H and O–H groups in total. The van der Waals surface area contributed by atoms with Crippen molar-refractivity contribution in [3.63, 3.8) is 0 Å². The van der Waals surface area contributed by atoms with Gasteiger partial charge in [0.2, 0.25) is 11.8 Å². The number of carbonyl (C=O) groups is 2. The highest BCUT2D eigenvalue weighted by molar-refractivity contribution is 6.17. The third kappa shape index (κ3) is 4.73. The molecule has 0 bridgehead atoms. The number of hydrogen-bond acceptors (Lipinski definition) is 6. The van der Waals surface area contributed by atoms with E-state index in [0.717, 1.165) is 0 Å². The van der Waals surface area contributed by atoms with E-state index in [1.165, 1.54) is 19.1 Å². The lowest BCUT2D eigenvalue weighted by molar-refractivity contribution is -0.133. The Hall–Kier alpha value is -4.20. The van der Waals surface area contributed by atoms with Crippen LogP contribution in [-0.4, -0.2) is 32.6 Å². The minimum Gasteiger partial charge on any atom is -0.494 e. The van der Waals surface area contributed by atoms with Crippen molar-refractivity contribution in [1.29, 1.82) is 0 Å². The van der Waals surface area contributed by atoms with Gasteiger partial charge in [0.1, 0.15) is 16.9 Å². The van der Waals surface area contributed by atoms with Crippen molar-refractivity contribution in [2.45, 2.75) is 19.8 Å². The molecule has 3 aromatic rings. The molecule has 4 rings (SSSR count). The van der Waals surface area contributed by atoms with Crippen LogP contribution >= 0.6 is 0 Å². The maximum absolute atomic E-state index is 13.8. The molecule has 1 fully saturated rings. The Bertz CT molecular complexity index is 1240. The number of amides is 2. The summed E-state index contributed by atoms with van der Waals surface area (Å²) >= 11 is 0. The van der Waals surface area contributed by atoms with Crippen LogP contribution in [0.25, 0.3) is 0 Å². The number of nitrogens with two attached hydrogens (primary N) is 1. The third-order valence-corrected chi connectivity index (χ3v) is 5.91. The van der Waals surface area contributed by atoms with Gasteiger partial charge in [0.25, 0.3) is 0 Å². The van der Waals surface area contributed by atoms with E-state index in [1.807, 2.05) is 25.1 Å². The molecule has 3 aromatic carbocycles. The number of benzene rings is 3. The first kappa shape index (κ1) is 23.9. The zero-order valence-corrected chi connectivity index (χ0v) is 19.9. The number of carbonyl (C=O) groups excluding carboxylic acids is 2. The highest BCUT2D eigenvalue weighted by Crippen LogP contribution is 2.51. The molecule has 1 saturated carbocycles. The van der Waals surface area contributed by atoms with E-state index in [4.69, 9.17) is 24.7 Å². The van der Waals surface area contributed by atoms with Gasteiger partial charge >= 0.3 is 0 Å². The first-order chi connectivity index (χ1) is 16.9. The fraction of sp³-hybridized carbons (Fsp3) is 0.259. The Kier molecular flexibility index (Phi) is 6.82.